The van der Waals surface area contributed by atoms with Crippen LogP contribution in [0.25, 0.3) is 22.1 Å². The van der Waals surface area contributed by atoms with E-state index >= 15 is 0 Å². The Bertz CT molecular complexity index is 1400. The topological polar surface area (TPSA) is 95.2 Å². The van der Waals surface area contributed by atoms with E-state index in [1.54, 1.807) is 18.2 Å². The summed E-state index contributed by atoms with van der Waals surface area (Å²) in [6.45, 7) is 0. The minimum atomic E-state index is -0.406. The molecule has 0 aliphatic carbocycles. The van der Waals surface area contributed by atoms with Gasteiger partial charge in [-0.15, -0.1) is 0 Å². The average Bonchev–Trinajstić information content (AvgIpc) is 3.32. The van der Waals surface area contributed by atoms with Crippen molar-refractivity contribution in [2.24, 2.45) is 0 Å². The molecule has 0 amide bonds. The largest absolute Gasteiger partial charge is 0.507 e. The van der Waals surface area contributed by atoms with Gasteiger partial charge in [0, 0.05) is 17.5 Å². The molecule has 0 bridgehead atoms. The third kappa shape index (κ3) is 3.11. The van der Waals surface area contributed by atoms with Crippen molar-refractivity contribution in [3.63, 3.8) is 0 Å². The van der Waals surface area contributed by atoms with Crippen molar-refractivity contribution in [3.8, 4) is 34.1 Å². The number of rotatable bonds is 4. The Hall–Kier alpha value is -3.78. The lowest BCUT2D eigenvalue weighted by atomic mass is 9.86. The van der Waals surface area contributed by atoms with E-state index in [9.17, 15) is 14.7 Å². The number of hydrogen-bond donors (Lipinski definition) is 1. The van der Waals surface area contributed by atoms with Crippen LogP contribution in [0.3, 0.4) is 0 Å². The minimum absolute atomic E-state index is 0.0363. The van der Waals surface area contributed by atoms with E-state index in [2.05, 4.69) is 0 Å². The molecular formula is C24H18O7S. The van der Waals surface area contributed by atoms with Gasteiger partial charge in [-0.25, -0.2) is 0 Å². The molecule has 0 radical (unpaired) electrons. The van der Waals surface area contributed by atoms with Gasteiger partial charge in [-0.05, 0) is 40.1 Å². The molecule has 0 saturated carbocycles. The fourth-order valence-electron chi connectivity index (χ4n) is 4.09. The summed E-state index contributed by atoms with van der Waals surface area (Å²) in [7, 11) is 3.04. The highest BCUT2D eigenvalue weighted by Crippen LogP contribution is 2.46. The number of esters is 1. The second-order valence-electron chi connectivity index (χ2n) is 7.35. The number of hydrogen-bond acceptors (Lipinski definition) is 8. The highest BCUT2D eigenvalue weighted by Gasteiger charge is 2.33. The maximum atomic E-state index is 13.4. The first-order chi connectivity index (χ1) is 15.5. The fraction of sp³-hybridized carbons (Fsp3) is 0.167. The molecule has 4 aromatic rings. The predicted molar refractivity (Wildman–Crippen MR) is 119 cm³/mol. The monoisotopic (exact) mass is 450 g/mol. The lowest BCUT2D eigenvalue weighted by Gasteiger charge is -2.25. The van der Waals surface area contributed by atoms with E-state index in [-0.39, 0.29) is 40.4 Å². The maximum absolute atomic E-state index is 13.4. The van der Waals surface area contributed by atoms with E-state index in [1.165, 1.54) is 37.9 Å². The molecular weight excluding hydrogens is 432 g/mol. The molecule has 0 spiro atoms. The Kier molecular flexibility index (Phi) is 4.86. The number of methoxy groups -OCH3 is 2. The quantitative estimate of drug-likeness (QED) is 0.356. The molecule has 32 heavy (non-hydrogen) atoms. The first kappa shape index (κ1) is 20.1. The van der Waals surface area contributed by atoms with Gasteiger partial charge in [0.25, 0.3) is 0 Å². The number of ether oxygens (including phenoxy) is 3. The van der Waals surface area contributed by atoms with Gasteiger partial charge < -0.3 is 23.7 Å². The van der Waals surface area contributed by atoms with Crippen LogP contribution < -0.4 is 19.6 Å². The lowest BCUT2D eigenvalue weighted by molar-refractivity contribution is -0.135. The van der Waals surface area contributed by atoms with E-state index in [0.717, 1.165) is 5.56 Å². The van der Waals surface area contributed by atoms with Crippen LogP contribution in [0.5, 0.6) is 23.0 Å². The minimum Gasteiger partial charge on any atom is -0.507 e. The van der Waals surface area contributed by atoms with Crippen molar-refractivity contribution in [1.29, 1.82) is 0 Å². The molecule has 3 heterocycles. The van der Waals surface area contributed by atoms with Crippen molar-refractivity contribution in [3.05, 3.63) is 68.7 Å². The number of fused-ring (bicyclic) bond motifs is 3. The Labute approximate surface area is 186 Å². The third-order valence-corrected chi connectivity index (χ3v) is 6.31. The first-order valence-electron chi connectivity index (χ1n) is 9.78. The van der Waals surface area contributed by atoms with Crippen LogP contribution in [0.2, 0.25) is 0 Å². The van der Waals surface area contributed by atoms with Crippen molar-refractivity contribution in [1.82, 2.24) is 0 Å². The number of phenolic OH excluding ortho intramolecular Hbond substituents is 1. The Morgan fingerprint density at radius 2 is 1.91 bits per heavy atom. The zero-order chi connectivity index (χ0) is 22.4. The second kappa shape index (κ2) is 7.72. The number of benzene rings is 2. The molecule has 1 aliphatic heterocycles. The van der Waals surface area contributed by atoms with E-state index in [0.29, 0.717) is 22.6 Å². The van der Waals surface area contributed by atoms with Crippen molar-refractivity contribution in [2.75, 3.05) is 14.2 Å². The van der Waals surface area contributed by atoms with Crippen LogP contribution in [0, 0.1) is 0 Å². The Balaban J connectivity index is 1.75. The van der Waals surface area contributed by atoms with E-state index in [1.807, 2.05) is 16.8 Å². The summed E-state index contributed by atoms with van der Waals surface area (Å²) in [4.78, 5) is 25.6. The van der Waals surface area contributed by atoms with Gasteiger partial charge in [0.15, 0.2) is 11.5 Å². The number of carbonyl (C=O) groups is 1. The van der Waals surface area contributed by atoms with Crippen molar-refractivity contribution >= 4 is 28.3 Å². The van der Waals surface area contributed by atoms with Crippen molar-refractivity contribution in [2.45, 2.75) is 12.3 Å². The molecule has 5 rings (SSSR count). The SMILES string of the molecule is COc1ccc(-c2coc3c4c(cc(O)c3c2=O)OC(=O)C[C@@H]4c2ccsc2)cc1OC. The lowest BCUT2D eigenvalue weighted by Crippen LogP contribution is -2.21. The van der Waals surface area contributed by atoms with Crippen LogP contribution >= 0.6 is 11.3 Å². The second-order valence-corrected chi connectivity index (χ2v) is 8.13. The van der Waals surface area contributed by atoms with Gasteiger partial charge in [0.1, 0.15) is 28.7 Å². The predicted octanol–water partition coefficient (Wildman–Crippen LogP) is 4.69. The van der Waals surface area contributed by atoms with E-state index < -0.39 is 11.4 Å². The molecule has 0 fully saturated rings. The third-order valence-electron chi connectivity index (χ3n) is 5.61. The Morgan fingerprint density at radius 3 is 2.62 bits per heavy atom. The molecule has 1 atom stereocenters. The van der Waals surface area contributed by atoms with Gasteiger partial charge >= 0.3 is 5.97 Å². The summed E-state index contributed by atoms with van der Waals surface area (Å²) >= 11 is 1.51. The number of thiophene rings is 1. The van der Waals surface area contributed by atoms with Crippen LogP contribution in [0.1, 0.15) is 23.5 Å². The normalized spacial score (nSPS) is 15.3. The van der Waals surface area contributed by atoms with Crippen LogP contribution in [0.4, 0.5) is 0 Å². The highest BCUT2D eigenvalue weighted by atomic mass is 32.1. The molecule has 162 valence electrons. The Morgan fingerprint density at radius 1 is 1.09 bits per heavy atom. The van der Waals surface area contributed by atoms with Crippen LogP contribution in [0.15, 0.2) is 56.6 Å². The van der Waals surface area contributed by atoms with Crippen LogP contribution in [-0.4, -0.2) is 25.3 Å². The van der Waals surface area contributed by atoms with Crippen molar-refractivity contribution < 1.29 is 28.5 Å². The van der Waals surface area contributed by atoms with Crippen LogP contribution in [-0.2, 0) is 4.79 Å². The number of phenols is 1. The molecule has 0 unspecified atom stereocenters. The fourth-order valence-corrected chi connectivity index (χ4v) is 4.81. The van der Waals surface area contributed by atoms with Gasteiger partial charge in [-0.1, -0.05) is 6.07 Å². The average molecular weight is 450 g/mol. The highest BCUT2D eigenvalue weighted by molar-refractivity contribution is 7.08. The zero-order valence-corrected chi connectivity index (χ0v) is 18.0. The van der Waals surface area contributed by atoms with Gasteiger partial charge in [-0.2, -0.15) is 11.3 Å². The van der Waals surface area contributed by atoms with Gasteiger partial charge in [0.2, 0.25) is 5.43 Å². The zero-order valence-electron chi connectivity index (χ0n) is 17.2. The molecule has 0 saturated heterocycles. The molecule has 1 N–H and O–H groups in total. The smallest absolute Gasteiger partial charge is 0.312 e. The summed E-state index contributed by atoms with van der Waals surface area (Å²) in [5, 5.41) is 14.6. The molecule has 1 aliphatic rings. The number of aromatic hydroxyl groups is 1. The van der Waals surface area contributed by atoms with Gasteiger partial charge in [-0.3, -0.25) is 9.59 Å². The first-order valence-corrected chi connectivity index (χ1v) is 10.7. The molecule has 8 heteroatoms. The molecule has 2 aromatic heterocycles. The molecule has 2 aromatic carbocycles. The summed E-state index contributed by atoms with van der Waals surface area (Å²) in [5.74, 6) is 0.132. The summed E-state index contributed by atoms with van der Waals surface area (Å²) < 4.78 is 21.9. The molecule has 7 nitrogen and oxygen atoms in total. The van der Waals surface area contributed by atoms with Gasteiger partial charge in [0.05, 0.1) is 26.2 Å². The van der Waals surface area contributed by atoms with E-state index in [4.69, 9.17) is 18.6 Å². The standard InChI is InChI=1S/C24H18O7S/c1-28-17-4-3-12(7-18(17)29-2)15-10-30-24-21-14(13-5-6-32-11-13)8-20(26)31-19(21)9-16(25)22(24)23(15)27/h3-7,9-11,14,25H,8H2,1-2H3/t14-/m1/s1. The number of carbonyl (C=O) groups excluding carboxylic acids is 1. The summed E-state index contributed by atoms with van der Waals surface area (Å²) in [6, 6.07) is 8.31. The summed E-state index contributed by atoms with van der Waals surface area (Å²) in [6.07, 6.45) is 1.47. The summed E-state index contributed by atoms with van der Waals surface area (Å²) in [5.41, 5.74) is 2.11. The maximum Gasteiger partial charge on any atom is 0.312 e.